The zero-order valence-corrected chi connectivity index (χ0v) is 17.5. The maximum absolute atomic E-state index is 12.4. The van der Waals surface area contributed by atoms with Crippen LogP contribution in [0.4, 0.5) is 11.6 Å². The van der Waals surface area contributed by atoms with Crippen molar-refractivity contribution in [3.05, 3.63) is 82.7 Å². The van der Waals surface area contributed by atoms with E-state index in [1.165, 1.54) is 24.5 Å². The first-order valence-corrected chi connectivity index (χ1v) is 11.1. The fraction of sp³-hybridized carbons (Fsp3) is 0.143. The van der Waals surface area contributed by atoms with Gasteiger partial charge in [0.05, 0.1) is 15.8 Å². The number of hydrogen-bond acceptors (Lipinski definition) is 7. The summed E-state index contributed by atoms with van der Waals surface area (Å²) in [5.74, 6) is 0.670. The Hall–Kier alpha value is -3.79. The van der Waals surface area contributed by atoms with E-state index in [4.69, 9.17) is 0 Å². The number of nitrogens with one attached hydrogen (secondary N) is 3. The zero-order chi connectivity index (χ0) is 21.8. The molecule has 0 atom stereocenters. The maximum Gasteiger partial charge on any atom is 0.264 e. The second-order valence-electron chi connectivity index (χ2n) is 6.77. The molecule has 0 aliphatic carbocycles. The Morgan fingerprint density at radius 2 is 1.77 bits per heavy atom. The summed E-state index contributed by atoms with van der Waals surface area (Å²) in [6, 6.07) is 13.5. The fourth-order valence-corrected chi connectivity index (χ4v) is 3.96. The molecule has 0 aliphatic rings. The molecular formula is C21H20N6O3S. The SMILES string of the molecule is CCc1nc2ccc(CNc3ccc(S(=O)(=O)Nc4ncccn4)cc3)cc2c(=O)[nH]1. The monoisotopic (exact) mass is 436 g/mol. The van der Waals surface area contributed by atoms with Crippen molar-refractivity contribution in [1.82, 2.24) is 19.9 Å². The Morgan fingerprint density at radius 3 is 2.48 bits per heavy atom. The molecule has 2 heterocycles. The standard InChI is InChI=1S/C21H20N6O3S/c1-2-19-25-18-9-4-14(12-17(18)20(28)26-19)13-24-15-5-7-16(8-6-15)31(29,30)27-21-22-10-3-11-23-21/h3-12,24H,2,13H2,1H3,(H,22,23,27)(H,25,26,28). The summed E-state index contributed by atoms with van der Waals surface area (Å²) in [4.78, 5) is 27.3. The third kappa shape index (κ3) is 4.69. The molecule has 0 aliphatic heterocycles. The van der Waals surface area contributed by atoms with Crippen LogP contribution in [0.3, 0.4) is 0 Å². The third-order valence-corrected chi connectivity index (χ3v) is 5.95. The van der Waals surface area contributed by atoms with Crippen LogP contribution >= 0.6 is 0 Å². The lowest BCUT2D eigenvalue weighted by molar-refractivity contribution is 0.601. The first kappa shape index (κ1) is 20.5. The summed E-state index contributed by atoms with van der Waals surface area (Å²) >= 11 is 0. The predicted molar refractivity (Wildman–Crippen MR) is 118 cm³/mol. The molecule has 2 aromatic carbocycles. The molecule has 0 bridgehead atoms. The van der Waals surface area contributed by atoms with Crippen molar-refractivity contribution in [2.45, 2.75) is 24.8 Å². The lowest BCUT2D eigenvalue weighted by Crippen LogP contribution is -2.14. The number of nitrogens with zero attached hydrogens (tertiary/aromatic N) is 3. The number of benzene rings is 2. The van der Waals surface area contributed by atoms with Gasteiger partial charge in [-0.15, -0.1) is 0 Å². The number of rotatable bonds is 7. The predicted octanol–water partition coefficient (Wildman–Crippen LogP) is 2.69. The Balaban J connectivity index is 1.46. The van der Waals surface area contributed by atoms with Crippen LogP contribution in [0.2, 0.25) is 0 Å². The van der Waals surface area contributed by atoms with Gasteiger partial charge in [-0.05, 0) is 48.0 Å². The van der Waals surface area contributed by atoms with Gasteiger partial charge in [0.15, 0.2) is 0 Å². The Morgan fingerprint density at radius 1 is 1.03 bits per heavy atom. The van der Waals surface area contributed by atoms with E-state index < -0.39 is 10.0 Å². The Labute approximate surface area is 178 Å². The molecule has 0 spiro atoms. The van der Waals surface area contributed by atoms with Crippen molar-refractivity contribution >= 4 is 32.6 Å². The molecule has 31 heavy (non-hydrogen) atoms. The van der Waals surface area contributed by atoms with Crippen LogP contribution < -0.4 is 15.6 Å². The molecule has 10 heteroatoms. The van der Waals surface area contributed by atoms with Gasteiger partial charge in [0.1, 0.15) is 5.82 Å². The topological polar surface area (TPSA) is 130 Å². The molecule has 3 N–H and O–H groups in total. The highest BCUT2D eigenvalue weighted by Crippen LogP contribution is 2.18. The molecule has 9 nitrogen and oxygen atoms in total. The van der Waals surface area contributed by atoms with Crippen LogP contribution in [0, 0.1) is 0 Å². The first-order chi connectivity index (χ1) is 14.9. The second kappa shape index (κ2) is 8.52. The van der Waals surface area contributed by atoms with E-state index in [0.29, 0.717) is 29.7 Å². The minimum atomic E-state index is -3.78. The normalized spacial score (nSPS) is 11.4. The van der Waals surface area contributed by atoms with E-state index in [1.807, 2.05) is 19.1 Å². The average Bonchev–Trinajstić information content (AvgIpc) is 2.78. The molecule has 0 saturated carbocycles. The molecule has 0 unspecified atom stereocenters. The van der Waals surface area contributed by atoms with E-state index in [2.05, 4.69) is 30.0 Å². The average molecular weight is 436 g/mol. The summed E-state index contributed by atoms with van der Waals surface area (Å²) < 4.78 is 27.2. The Kier molecular flexibility index (Phi) is 5.63. The highest BCUT2D eigenvalue weighted by atomic mass is 32.2. The van der Waals surface area contributed by atoms with Crippen LogP contribution in [0.15, 0.2) is 70.6 Å². The van der Waals surface area contributed by atoms with Gasteiger partial charge in [-0.2, -0.15) is 0 Å². The lowest BCUT2D eigenvalue weighted by atomic mass is 10.1. The van der Waals surface area contributed by atoms with E-state index in [-0.39, 0.29) is 16.4 Å². The number of aromatic amines is 1. The molecule has 2 aromatic heterocycles. The number of aryl methyl sites for hydroxylation is 1. The first-order valence-electron chi connectivity index (χ1n) is 9.60. The quantitative estimate of drug-likeness (QED) is 0.406. The van der Waals surface area contributed by atoms with Gasteiger partial charge in [-0.25, -0.2) is 28.1 Å². The smallest absolute Gasteiger partial charge is 0.264 e. The van der Waals surface area contributed by atoms with Crippen LogP contribution in [-0.2, 0) is 23.0 Å². The summed E-state index contributed by atoms with van der Waals surface area (Å²) in [6.07, 6.45) is 3.57. The molecule has 4 aromatic rings. The highest BCUT2D eigenvalue weighted by molar-refractivity contribution is 7.92. The molecule has 0 saturated heterocycles. The van der Waals surface area contributed by atoms with Gasteiger partial charge in [0.25, 0.3) is 15.6 Å². The van der Waals surface area contributed by atoms with Gasteiger partial charge in [0.2, 0.25) is 5.95 Å². The molecule has 4 rings (SSSR count). The summed E-state index contributed by atoms with van der Waals surface area (Å²) in [6.45, 7) is 2.40. The maximum atomic E-state index is 12.4. The van der Waals surface area contributed by atoms with E-state index in [9.17, 15) is 13.2 Å². The van der Waals surface area contributed by atoms with E-state index in [1.54, 1.807) is 24.3 Å². The van der Waals surface area contributed by atoms with Crippen molar-refractivity contribution in [2.75, 3.05) is 10.0 Å². The fourth-order valence-electron chi connectivity index (χ4n) is 3.00. The van der Waals surface area contributed by atoms with Crippen LogP contribution in [0.25, 0.3) is 10.9 Å². The molecule has 0 radical (unpaired) electrons. The molecule has 0 fully saturated rings. The lowest BCUT2D eigenvalue weighted by Gasteiger charge is -2.10. The number of H-pyrrole nitrogens is 1. The largest absolute Gasteiger partial charge is 0.381 e. The third-order valence-electron chi connectivity index (χ3n) is 4.61. The van der Waals surface area contributed by atoms with E-state index >= 15 is 0 Å². The van der Waals surface area contributed by atoms with E-state index in [0.717, 1.165) is 11.3 Å². The van der Waals surface area contributed by atoms with Crippen molar-refractivity contribution in [3.8, 4) is 0 Å². The van der Waals surface area contributed by atoms with Gasteiger partial charge in [-0.3, -0.25) is 4.79 Å². The van der Waals surface area contributed by atoms with Crippen LogP contribution in [-0.4, -0.2) is 28.4 Å². The van der Waals surface area contributed by atoms with Crippen molar-refractivity contribution in [2.24, 2.45) is 0 Å². The molecule has 158 valence electrons. The van der Waals surface area contributed by atoms with Crippen molar-refractivity contribution in [1.29, 1.82) is 0 Å². The van der Waals surface area contributed by atoms with Crippen LogP contribution in [0.5, 0.6) is 0 Å². The summed E-state index contributed by atoms with van der Waals surface area (Å²) in [5, 5.41) is 3.76. The van der Waals surface area contributed by atoms with Crippen molar-refractivity contribution < 1.29 is 8.42 Å². The number of fused-ring (bicyclic) bond motifs is 1. The summed E-state index contributed by atoms with van der Waals surface area (Å²) in [5.41, 5.74) is 2.15. The number of aromatic nitrogens is 4. The van der Waals surface area contributed by atoms with Gasteiger partial charge in [0, 0.05) is 31.0 Å². The van der Waals surface area contributed by atoms with Gasteiger partial charge < -0.3 is 10.3 Å². The highest BCUT2D eigenvalue weighted by Gasteiger charge is 2.15. The second-order valence-corrected chi connectivity index (χ2v) is 8.46. The molecule has 0 amide bonds. The summed E-state index contributed by atoms with van der Waals surface area (Å²) in [7, 11) is -3.78. The van der Waals surface area contributed by atoms with Crippen LogP contribution in [0.1, 0.15) is 18.3 Å². The minimum Gasteiger partial charge on any atom is -0.381 e. The Bertz CT molecular complexity index is 1370. The van der Waals surface area contributed by atoms with Crippen molar-refractivity contribution in [3.63, 3.8) is 0 Å². The van der Waals surface area contributed by atoms with Gasteiger partial charge >= 0.3 is 0 Å². The minimum absolute atomic E-state index is 0.0107. The number of hydrogen-bond donors (Lipinski definition) is 3. The molecular weight excluding hydrogens is 416 g/mol. The number of sulfonamides is 1. The number of anilines is 2. The van der Waals surface area contributed by atoms with Gasteiger partial charge in [-0.1, -0.05) is 13.0 Å². The zero-order valence-electron chi connectivity index (χ0n) is 16.7.